The van der Waals surface area contributed by atoms with Crippen LogP contribution in [0.2, 0.25) is 0 Å². The summed E-state index contributed by atoms with van der Waals surface area (Å²) in [5.74, 6) is 0. The zero-order chi connectivity index (χ0) is 12.7. The minimum atomic E-state index is -4.54. The van der Waals surface area contributed by atoms with Gasteiger partial charge in [0.1, 0.15) is 0 Å². The van der Waals surface area contributed by atoms with Crippen LogP contribution < -0.4 is 5.32 Å². The van der Waals surface area contributed by atoms with Gasteiger partial charge in [0.2, 0.25) is 0 Å². The normalized spacial score (nSPS) is 11.8. The van der Waals surface area contributed by atoms with Crippen LogP contribution in [0.15, 0.2) is 24.3 Å². The molecule has 0 atom stereocenters. The van der Waals surface area contributed by atoms with Crippen LogP contribution in [-0.2, 0) is 17.7 Å². The Morgan fingerprint density at radius 3 is 2.24 bits per heavy atom. The van der Waals surface area contributed by atoms with Crippen molar-refractivity contribution >= 4 is 0 Å². The van der Waals surface area contributed by atoms with E-state index in [4.69, 9.17) is 0 Å². The lowest BCUT2D eigenvalue weighted by atomic mass is 10.1. The quantitative estimate of drug-likeness (QED) is 0.780. The molecule has 0 amide bonds. The van der Waals surface area contributed by atoms with Gasteiger partial charge in [-0.15, -0.1) is 13.2 Å². The zero-order valence-electron chi connectivity index (χ0n) is 9.68. The van der Waals surface area contributed by atoms with Gasteiger partial charge in [-0.3, -0.25) is 4.74 Å². The molecule has 0 aliphatic rings. The first-order valence-electron chi connectivity index (χ1n) is 5.50. The summed E-state index contributed by atoms with van der Waals surface area (Å²) in [6, 6.07) is 7.97. The van der Waals surface area contributed by atoms with Crippen LogP contribution in [0.3, 0.4) is 0 Å². The van der Waals surface area contributed by atoms with Crippen molar-refractivity contribution in [2.75, 3.05) is 13.2 Å². The molecule has 0 spiro atoms. The van der Waals surface area contributed by atoms with Crippen LogP contribution in [0.5, 0.6) is 0 Å². The molecule has 0 saturated heterocycles. The molecule has 1 aromatic rings. The third-order valence-electron chi connectivity index (χ3n) is 2.30. The van der Waals surface area contributed by atoms with Gasteiger partial charge >= 0.3 is 6.36 Å². The van der Waals surface area contributed by atoms with Crippen molar-refractivity contribution in [1.29, 1.82) is 0 Å². The minimum Gasteiger partial charge on any atom is -0.310 e. The molecular weight excluding hydrogens is 231 g/mol. The molecule has 0 aromatic heterocycles. The van der Waals surface area contributed by atoms with Gasteiger partial charge in [-0.05, 0) is 17.5 Å². The molecule has 17 heavy (non-hydrogen) atoms. The maximum Gasteiger partial charge on any atom is 0.522 e. The molecule has 96 valence electrons. The van der Waals surface area contributed by atoms with Gasteiger partial charge in [0.25, 0.3) is 0 Å². The standard InChI is InChI=1S/C12H16F3NO/c1-2-10-3-5-11(6-4-10)9-16-7-8-17-12(13,14)15/h3-6,16H,2,7-9H2,1H3. The van der Waals surface area contributed by atoms with Gasteiger partial charge < -0.3 is 5.32 Å². The lowest BCUT2D eigenvalue weighted by Gasteiger charge is -2.08. The van der Waals surface area contributed by atoms with E-state index in [1.807, 2.05) is 24.3 Å². The largest absolute Gasteiger partial charge is 0.522 e. The Labute approximate surface area is 98.8 Å². The number of hydrogen-bond acceptors (Lipinski definition) is 2. The molecule has 1 N–H and O–H groups in total. The van der Waals surface area contributed by atoms with E-state index in [1.54, 1.807) is 0 Å². The Balaban J connectivity index is 2.18. The van der Waals surface area contributed by atoms with Crippen LogP contribution in [0.1, 0.15) is 18.1 Å². The number of rotatable bonds is 6. The highest BCUT2D eigenvalue weighted by atomic mass is 19.4. The number of ether oxygens (including phenoxy) is 1. The van der Waals surface area contributed by atoms with E-state index in [-0.39, 0.29) is 13.2 Å². The molecular formula is C12H16F3NO. The van der Waals surface area contributed by atoms with E-state index in [0.29, 0.717) is 6.54 Å². The maximum atomic E-state index is 11.6. The SMILES string of the molecule is CCc1ccc(CNCCOC(F)(F)F)cc1. The van der Waals surface area contributed by atoms with E-state index in [2.05, 4.69) is 17.0 Å². The van der Waals surface area contributed by atoms with E-state index in [1.165, 1.54) is 5.56 Å². The van der Waals surface area contributed by atoms with E-state index in [0.717, 1.165) is 12.0 Å². The molecule has 0 aliphatic heterocycles. The van der Waals surface area contributed by atoms with Crippen molar-refractivity contribution in [2.45, 2.75) is 26.3 Å². The summed E-state index contributed by atoms with van der Waals surface area (Å²) in [5, 5.41) is 2.89. The van der Waals surface area contributed by atoms with Crippen molar-refractivity contribution in [3.05, 3.63) is 35.4 Å². The minimum absolute atomic E-state index is 0.176. The summed E-state index contributed by atoms with van der Waals surface area (Å²) in [7, 11) is 0. The fourth-order valence-corrected chi connectivity index (χ4v) is 1.36. The van der Waals surface area contributed by atoms with Gasteiger partial charge in [0, 0.05) is 13.1 Å². The average molecular weight is 247 g/mol. The Kier molecular flexibility index (Phi) is 5.44. The number of nitrogens with one attached hydrogen (secondary N) is 1. The van der Waals surface area contributed by atoms with Crippen LogP contribution in [0, 0.1) is 0 Å². The van der Waals surface area contributed by atoms with Crippen molar-refractivity contribution < 1.29 is 17.9 Å². The van der Waals surface area contributed by atoms with Gasteiger partial charge in [0.15, 0.2) is 0 Å². The fraction of sp³-hybridized carbons (Fsp3) is 0.500. The monoisotopic (exact) mass is 247 g/mol. The van der Waals surface area contributed by atoms with Gasteiger partial charge in [0.05, 0.1) is 6.61 Å². The fourth-order valence-electron chi connectivity index (χ4n) is 1.36. The predicted octanol–water partition coefficient (Wildman–Crippen LogP) is 2.88. The second-order valence-electron chi connectivity index (χ2n) is 3.64. The van der Waals surface area contributed by atoms with Crippen LogP contribution in [0.25, 0.3) is 0 Å². The molecule has 2 nitrogen and oxygen atoms in total. The number of benzene rings is 1. The van der Waals surface area contributed by atoms with Gasteiger partial charge in [-0.1, -0.05) is 31.2 Å². The van der Waals surface area contributed by atoms with Gasteiger partial charge in [-0.25, -0.2) is 0 Å². The second kappa shape index (κ2) is 6.61. The first kappa shape index (κ1) is 14.0. The van der Waals surface area contributed by atoms with E-state index < -0.39 is 6.36 Å². The summed E-state index contributed by atoms with van der Waals surface area (Å²) >= 11 is 0. The molecule has 0 heterocycles. The molecule has 0 radical (unpaired) electrons. The number of hydrogen-bond donors (Lipinski definition) is 1. The topological polar surface area (TPSA) is 21.3 Å². The molecule has 0 saturated carbocycles. The Bertz CT molecular complexity index is 322. The van der Waals surface area contributed by atoms with Crippen LogP contribution in [-0.4, -0.2) is 19.5 Å². The van der Waals surface area contributed by atoms with E-state index >= 15 is 0 Å². The molecule has 0 unspecified atom stereocenters. The lowest BCUT2D eigenvalue weighted by Crippen LogP contribution is -2.23. The zero-order valence-corrected chi connectivity index (χ0v) is 9.68. The van der Waals surface area contributed by atoms with E-state index in [9.17, 15) is 13.2 Å². The van der Waals surface area contributed by atoms with Gasteiger partial charge in [-0.2, -0.15) is 0 Å². The number of halogens is 3. The third-order valence-corrected chi connectivity index (χ3v) is 2.30. The average Bonchev–Trinajstić information content (AvgIpc) is 2.28. The van der Waals surface area contributed by atoms with Crippen LogP contribution in [0.4, 0.5) is 13.2 Å². The van der Waals surface area contributed by atoms with Crippen molar-refractivity contribution in [3.8, 4) is 0 Å². The summed E-state index contributed by atoms with van der Waals surface area (Å²) in [6.07, 6.45) is -3.56. The highest BCUT2D eigenvalue weighted by molar-refractivity contribution is 5.22. The molecule has 1 rings (SSSR count). The molecule has 5 heteroatoms. The predicted molar refractivity (Wildman–Crippen MR) is 59.5 cm³/mol. The van der Waals surface area contributed by atoms with Crippen molar-refractivity contribution in [3.63, 3.8) is 0 Å². The highest BCUT2D eigenvalue weighted by Gasteiger charge is 2.28. The molecule has 0 aliphatic carbocycles. The Morgan fingerprint density at radius 2 is 1.71 bits per heavy atom. The Hall–Kier alpha value is -1.07. The maximum absolute atomic E-state index is 11.6. The summed E-state index contributed by atoms with van der Waals surface area (Å²) < 4.78 is 38.6. The molecule has 0 fully saturated rings. The first-order chi connectivity index (χ1) is 8.01. The highest BCUT2D eigenvalue weighted by Crippen LogP contribution is 2.15. The third kappa shape index (κ3) is 6.28. The summed E-state index contributed by atoms with van der Waals surface area (Å²) in [6.45, 7) is 2.43. The number of aryl methyl sites for hydroxylation is 1. The first-order valence-corrected chi connectivity index (χ1v) is 5.50. The Morgan fingerprint density at radius 1 is 1.12 bits per heavy atom. The lowest BCUT2D eigenvalue weighted by molar-refractivity contribution is -0.323. The van der Waals surface area contributed by atoms with Crippen LogP contribution >= 0.6 is 0 Å². The number of alkyl halides is 3. The summed E-state index contributed by atoms with van der Waals surface area (Å²) in [5.41, 5.74) is 2.29. The second-order valence-corrected chi connectivity index (χ2v) is 3.64. The molecule has 0 bridgehead atoms. The smallest absolute Gasteiger partial charge is 0.310 e. The van der Waals surface area contributed by atoms with Crippen molar-refractivity contribution in [1.82, 2.24) is 5.32 Å². The molecule has 1 aromatic carbocycles. The summed E-state index contributed by atoms with van der Waals surface area (Å²) in [4.78, 5) is 0. The van der Waals surface area contributed by atoms with Crippen molar-refractivity contribution in [2.24, 2.45) is 0 Å².